The number of para-hydroxylation sites is 2. The molecule has 0 fully saturated rings. The van der Waals surface area contributed by atoms with Crippen LogP contribution in [0, 0.1) is 0 Å². The third-order valence-electron chi connectivity index (χ3n) is 3.28. The van der Waals surface area contributed by atoms with Gasteiger partial charge in [0.1, 0.15) is 12.4 Å². The van der Waals surface area contributed by atoms with E-state index in [2.05, 4.69) is 4.98 Å². The lowest BCUT2D eigenvalue weighted by atomic mass is 10.1. The molecule has 0 aliphatic carbocycles. The van der Waals surface area contributed by atoms with Crippen LogP contribution in [0.4, 0.5) is 0 Å². The average molecular weight is 301 g/mol. The highest BCUT2D eigenvalue weighted by atomic mass is 35.5. The fraction of sp³-hybridized carbons (Fsp3) is 0.125. The van der Waals surface area contributed by atoms with E-state index in [1.165, 1.54) is 0 Å². The standard InChI is InChI=1S/C16H13ClN2O2/c17-12-5-3-4-11(8-12)9-15-18-13-6-1-2-7-14(13)19(15)10-16(20)21/h1-8H,9-10H2,(H,20,21). The number of benzene rings is 2. The van der Waals surface area contributed by atoms with Gasteiger partial charge < -0.3 is 9.67 Å². The maximum atomic E-state index is 11.1. The van der Waals surface area contributed by atoms with Crippen LogP contribution in [0.5, 0.6) is 0 Å². The van der Waals surface area contributed by atoms with E-state index in [9.17, 15) is 4.79 Å². The molecule has 4 nitrogen and oxygen atoms in total. The number of aromatic nitrogens is 2. The van der Waals surface area contributed by atoms with E-state index in [1.54, 1.807) is 4.57 Å². The molecule has 2 aromatic carbocycles. The Balaban J connectivity index is 2.06. The third-order valence-corrected chi connectivity index (χ3v) is 3.51. The van der Waals surface area contributed by atoms with Crippen molar-refractivity contribution >= 4 is 28.6 Å². The fourth-order valence-corrected chi connectivity index (χ4v) is 2.61. The summed E-state index contributed by atoms with van der Waals surface area (Å²) in [4.78, 5) is 15.6. The normalized spacial score (nSPS) is 10.9. The number of hydrogen-bond acceptors (Lipinski definition) is 2. The summed E-state index contributed by atoms with van der Waals surface area (Å²) in [5, 5.41) is 9.77. The van der Waals surface area contributed by atoms with Crippen LogP contribution in [-0.2, 0) is 17.8 Å². The van der Waals surface area contributed by atoms with E-state index in [-0.39, 0.29) is 6.54 Å². The first-order valence-electron chi connectivity index (χ1n) is 6.54. The minimum Gasteiger partial charge on any atom is -0.480 e. The van der Waals surface area contributed by atoms with Crippen molar-refractivity contribution in [3.8, 4) is 0 Å². The number of carboxylic acids is 1. The molecule has 0 saturated heterocycles. The molecular weight excluding hydrogens is 288 g/mol. The molecule has 0 spiro atoms. The van der Waals surface area contributed by atoms with Gasteiger partial charge in [-0.05, 0) is 29.8 Å². The number of halogens is 1. The second-order valence-corrected chi connectivity index (χ2v) is 5.24. The summed E-state index contributed by atoms with van der Waals surface area (Å²) in [5.41, 5.74) is 2.64. The van der Waals surface area contributed by atoms with Gasteiger partial charge in [0, 0.05) is 11.4 Å². The van der Waals surface area contributed by atoms with E-state index in [0.717, 1.165) is 22.4 Å². The Morgan fingerprint density at radius 1 is 1.19 bits per heavy atom. The number of aliphatic carboxylic acids is 1. The number of nitrogens with zero attached hydrogens (tertiary/aromatic N) is 2. The predicted octanol–water partition coefficient (Wildman–Crippen LogP) is 3.37. The van der Waals surface area contributed by atoms with E-state index in [4.69, 9.17) is 16.7 Å². The summed E-state index contributed by atoms with van der Waals surface area (Å²) in [5.74, 6) is -0.161. The van der Waals surface area contributed by atoms with Crippen LogP contribution in [0.3, 0.4) is 0 Å². The molecule has 1 heterocycles. The number of hydrogen-bond donors (Lipinski definition) is 1. The van der Waals surface area contributed by atoms with Crippen LogP contribution < -0.4 is 0 Å². The van der Waals surface area contributed by atoms with Crippen LogP contribution in [0.25, 0.3) is 11.0 Å². The Morgan fingerprint density at radius 3 is 2.76 bits per heavy atom. The van der Waals surface area contributed by atoms with Crippen LogP contribution in [0.15, 0.2) is 48.5 Å². The van der Waals surface area contributed by atoms with Crippen molar-refractivity contribution in [3.63, 3.8) is 0 Å². The molecule has 0 unspecified atom stereocenters. The second kappa shape index (κ2) is 5.58. The molecule has 106 valence electrons. The largest absolute Gasteiger partial charge is 0.480 e. The van der Waals surface area contributed by atoms with Gasteiger partial charge in [0.15, 0.2) is 0 Å². The van der Waals surface area contributed by atoms with Gasteiger partial charge in [-0.15, -0.1) is 0 Å². The Morgan fingerprint density at radius 2 is 2.00 bits per heavy atom. The minimum absolute atomic E-state index is 0.101. The zero-order chi connectivity index (χ0) is 14.8. The molecule has 0 amide bonds. The SMILES string of the molecule is O=C(O)Cn1c(Cc2cccc(Cl)c2)nc2ccccc21. The van der Waals surface area contributed by atoms with Crippen molar-refractivity contribution in [2.24, 2.45) is 0 Å². The van der Waals surface area contributed by atoms with Crippen molar-refractivity contribution in [2.45, 2.75) is 13.0 Å². The molecule has 0 saturated carbocycles. The van der Waals surface area contributed by atoms with Gasteiger partial charge in [0.05, 0.1) is 11.0 Å². The van der Waals surface area contributed by atoms with Crippen LogP contribution in [0.2, 0.25) is 5.02 Å². The molecular formula is C16H13ClN2O2. The second-order valence-electron chi connectivity index (χ2n) is 4.80. The quantitative estimate of drug-likeness (QED) is 0.804. The van der Waals surface area contributed by atoms with Crippen molar-refractivity contribution in [1.82, 2.24) is 9.55 Å². The first-order chi connectivity index (χ1) is 10.1. The maximum Gasteiger partial charge on any atom is 0.323 e. The highest BCUT2D eigenvalue weighted by Crippen LogP contribution is 2.20. The average Bonchev–Trinajstić information content (AvgIpc) is 2.76. The zero-order valence-electron chi connectivity index (χ0n) is 11.2. The Hall–Kier alpha value is -2.33. The molecule has 5 heteroatoms. The molecule has 0 bridgehead atoms. The molecule has 0 radical (unpaired) electrons. The van der Waals surface area contributed by atoms with Crippen molar-refractivity contribution in [3.05, 3.63) is 64.9 Å². The Bertz CT molecular complexity index is 811. The summed E-state index contributed by atoms with van der Waals surface area (Å²) < 4.78 is 1.73. The molecule has 1 aromatic heterocycles. The predicted molar refractivity (Wildman–Crippen MR) is 81.6 cm³/mol. The molecule has 0 atom stereocenters. The molecule has 1 N–H and O–H groups in total. The van der Waals surface area contributed by atoms with Crippen LogP contribution in [-0.4, -0.2) is 20.6 Å². The lowest BCUT2D eigenvalue weighted by Gasteiger charge is -2.06. The van der Waals surface area contributed by atoms with E-state index >= 15 is 0 Å². The van der Waals surface area contributed by atoms with Crippen molar-refractivity contribution in [1.29, 1.82) is 0 Å². The first-order valence-corrected chi connectivity index (χ1v) is 6.91. The molecule has 3 rings (SSSR count). The summed E-state index contributed by atoms with van der Waals surface area (Å²) in [6, 6.07) is 15.0. The molecule has 3 aromatic rings. The summed E-state index contributed by atoms with van der Waals surface area (Å²) in [6.45, 7) is -0.101. The van der Waals surface area contributed by atoms with E-state index < -0.39 is 5.97 Å². The van der Waals surface area contributed by atoms with Gasteiger partial charge in [-0.2, -0.15) is 0 Å². The van der Waals surface area contributed by atoms with Gasteiger partial charge in [0.25, 0.3) is 0 Å². The van der Waals surface area contributed by atoms with Crippen LogP contribution >= 0.6 is 11.6 Å². The zero-order valence-corrected chi connectivity index (χ0v) is 11.9. The van der Waals surface area contributed by atoms with E-state index in [0.29, 0.717) is 11.4 Å². The van der Waals surface area contributed by atoms with Crippen molar-refractivity contribution < 1.29 is 9.90 Å². The maximum absolute atomic E-state index is 11.1. The van der Waals surface area contributed by atoms with Gasteiger partial charge in [-0.3, -0.25) is 4.79 Å². The summed E-state index contributed by atoms with van der Waals surface area (Å²) in [6.07, 6.45) is 0.544. The smallest absolute Gasteiger partial charge is 0.323 e. The van der Waals surface area contributed by atoms with E-state index in [1.807, 2.05) is 48.5 Å². The lowest BCUT2D eigenvalue weighted by Crippen LogP contribution is -2.12. The molecule has 0 aliphatic rings. The van der Waals surface area contributed by atoms with Gasteiger partial charge in [-0.25, -0.2) is 4.98 Å². The lowest BCUT2D eigenvalue weighted by molar-refractivity contribution is -0.137. The monoisotopic (exact) mass is 300 g/mol. The Labute approximate surface area is 126 Å². The molecule has 21 heavy (non-hydrogen) atoms. The Kier molecular flexibility index (Phi) is 3.62. The number of fused-ring (bicyclic) bond motifs is 1. The summed E-state index contributed by atoms with van der Waals surface area (Å²) >= 11 is 5.99. The van der Waals surface area contributed by atoms with Gasteiger partial charge >= 0.3 is 5.97 Å². The first kappa shape index (κ1) is 13.6. The number of rotatable bonds is 4. The number of carboxylic acid groups (broad SMARTS) is 1. The van der Waals surface area contributed by atoms with Gasteiger partial charge in [-0.1, -0.05) is 35.9 Å². The van der Waals surface area contributed by atoms with Gasteiger partial charge in [0.2, 0.25) is 0 Å². The number of imidazole rings is 1. The highest BCUT2D eigenvalue weighted by molar-refractivity contribution is 6.30. The van der Waals surface area contributed by atoms with Crippen molar-refractivity contribution in [2.75, 3.05) is 0 Å². The number of carbonyl (C=O) groups is 1. The minimum atomic E-state index is -0.884. The summed E-state index contributed by atoms with van der Waals surface area (Å²) in [7, 11) is 0. The molecule has 0 aliphatic heterocycles. The highest BCUT2D eigenvalue weighted by Gasteiger charge is 2.13. The van der Waals surface area contributed by atoms with Crippen LogP contribution in [0.1, 0.15) is 11.4 Å². The fourth-order valence-electron chi connectivity index (χ4n) is 2.40. The third kappa shape index (κ3) is 2.90. The topological polar surface area (TPSA) is 55.1 Å².